The van der Waals surface area contributed by atoms with Gasteiger partial charge in [-0.3, -0.25) is 4.79 Å². The molecule has 1 aromatic carbocycles. The molecule has 0 fully saturated rings. The van der Waals surface area contributed by atoms with Crippen LogP contribution in [0.5, 0.6) is 0 Å². The summed E-state index contributed by atoms with van der Waals surface area (Å²) in [6, 6.07) is 8.19. The molecular formula is C15H15N3O. The van der Waals surface area contributed by atoms with Gasteiger partial charge in [-0.05, 0) is 18.1 Å². The molecule has 1 aliphatic heterocycles. The second-order valence-corrected chi connectivity index (χ2v) is 4.76. The van der Waals surface area contributed by atoms with Crippen LogP contribution >= 0.6 is 0 Å². The van der Waals surface area contributed by atoms with Crippen LogP contribution in [0.1, 0.15) is 34.5 Å². The van der Waals surface area contributed by atoms with Crippen molar-refractivity contribution in [1.29, 1.82) is 0 Å². The second-order valence-electron chi connectivity index (χ2n) is 4.76. The molecule has 0 atom stereocenters. The van der Waals surface area contributed by atoms with E-state index in [4.69, 9.17) is 0 Å². The van der Waals surface area contributed by atoms with Crippen molar-refractivity contribution >= 4 is 11.5 Å². The molecule has 2 heterocycles. The SMILES string of the molecule is CCc1nc2n(n1)C(=O)C=C(c1ccc(C)cc1)C2. The molecule has 0 radical (unpaired) electrons. The van der Waals surface area contributed by atoms with Crippen molar-refractivity contribution in [2.45, 2.75) is 26.7 Å². The minimum Gasteiger partial charge on any atom is -0.267 e. The topological polar surface area (TPSA) is 47.8 Å². The van der Waals surface area contributed by atoms with Crippen molar-refractivity contribution in [2.75, 3.05) is 0 Å². The van der Waals surface area contributed by atoms with Gasteiger partial charge < -0.3 is 0 Å². The zero-order valence-electron chi connectivity index (χ0n) is 11.1. The third-order valence-corrected chi connectivity index (χ3v) is 3.31. The molecule has 0 N–H and O–H groups in total. The highest BCUT2D eigenvalue weighted by Gasteiger charge is 2.21. The van der Waals surface area contributed by atoms with Crippen LogP contribution in [0.15, 0.2) is 30.3 Å². The number of hydrogen-bond donors (Lipinski definition) is 0. The van der Waals surface area contributed by atoms with Crippen LogP contribution in [0.25, 0.3) is 5.57 Å². The summed E-state index contributed by atoms with van der Waals surface area (Å²) < 4.78 is 1.41. The molecule has 0 saturated carbocycles. The van der Waals surface area contributed by atoms with Gasteiger partial charge in [-0.1, -0.05) is 36.8 Å². The maximum absolute atomic E-state index is 12.0. The molecule has 2 aromatic rings. The van der Waals surface area contributed by atoms with Gasteiger partial charge in [0.2, 0.25) is 0 Å². The highest BCUT2D eigenvalue weighted by atomic mass is 16.2. The van der Waals surface area contributed by atoms with Gasteiger partial charge in [-0.15, -0.1) is 5.10 Å². The highest BCUT2D eigenvalue weighted by molar-refractivity contribution is 5.98. The predicted octanol–water partition coefficient (Wildman–Crippen LogP) is 2.43. The van der Waals surface area contributed by atoms with Crippen LogP contribution in [0, 0.1) is 6.92 Å². The Labute approximate surface area is 111 Å². The molecule has 19 heavy (non-hydrogen) atoms. The molecule has 1 aliphatic rings. The molecule has 0 bridgehead atoms. The number of rotatable bonds is 2. The van der Waals surface area contributed by atoms with Crippen LogP contribution < -0.4 is 0 Å². The number of aromatic nitrogens is 3. The minimum atomic E-state index is -0.107. The molecule has 0 unspecified atom stereocenters. The fourth-order valence-electron chi connectivity index (χ4n) is 2.22. The van der Waals surface area contributed by atoms with E-state index in [1.54, 1.807) is 6.08 Å². The van der Waals surface area contributed by atoms with Gasteiger partial charge in [0.25, 0.3) is 5.91 Å². The molecule has 4 heteroatoms. The van der Waals surface area contributed by atoms with Crippen LogP contribution in [-0.4, -0.2) is 20.7 Å². The molecule has 0 saturated heterocycles. The van der Waals surface area contributed by atoms with Crippen molar-refractivity contribution in [3.63, 3.8) is 0 Å². The van der Waals surface area contributed by atoms with Crippen molar-refractivity contribution in [3.8, 4) is 0 Å². The summed E-state index contributed by atoms with van der Waals surface area (Å²) in [5.74, 6) is 1.35. The smallest absolute Gasteiger partial charge is 0.267 e. The average molecular weight is 253 g/mol. The fourth-order valence-corrected chi connectivity index (χ4v) is 2.22. The van der Waals surface area contributed by atoms with E-state index in [0.717, 1.165) is 29.2 Å². The summed E-state index contributed by atoms with van der Waals surface area (Å²) in [6.45, 7) is 4.04. The Balaban J connectivity index is 1.98. The fraction of sp³-hybridized carbons (Fsp3) is 0.267. The summed E-state index contributed by atoms with van der Waals surface area (Å²) >= 11 is 0. The van der Waals surface area contributed by atoms with Crippen LogP contribution in [0.3, 0.4) is 0 Å². The summed E-state index contributed by atoms with van der Waals surface area (Å²) in [7, 11) is 0. The third kappa shape index (κ3) is 2.10. The molecule has 3 rings (SSSR count). The lowest BCUT2D eigenvalue weighted by Gasteiger charge is -2.13. The monoisotopic (exact) mass is 253 g/mol. The summed E-state index contributed by atoms with van der Waals surface area (Å²) in [4.78, 5) is 16.5. The summed E-state index contributed by atoms with van der Waals surface area (Å²) in [5.41, 5.74) is 3.29. The molecule has 0 aliphatic carbocycles. The summed E-state index contributed by atoms with van der Waals surface area (Å²) in [6.07, 6.45) is 3.06. The Morgan fingerprint density at radius 2 is 2.00 bits per heavy atom. The van der Waals surface area contributed by atoms with E-state index >= 15 is 0 Å². The van der Waals surface area contributed by atoms with Crippen molar-refractivity contribution in [3.05, 3.63) is 53.1 Å². The number of allylic oxidation sites excluding steroid dienone is 2. The lowest BCUT2D eigenvalue weighted by molar-refractivity contribution is 0.0947. The van der Waals surface area contributed by atoms with Crippen LogP contribution in [0.2, 0.25) is 0 Å². The molecule has 0 amide bonds. The zero-order valence-corrected chi connectivity index (χ0v) is 11.1. The number of hydrogen-bond acceptors (Lipinski definition) is 3. The lowest BCUT2D eigenvalue weighted by atomic mass is 9.99. The maximum Gasteiger partial charge on any atom is 0.272 e. The Bertz CT molecular complexity index is 665. The molecule has 1 aromatic heterocycles. The molecule has 96 valence electrons. The van der Waals surface area contributed by atoms with E-state index in [2.05, 4.69) is 22.2 Å². The number of carbonyl (C=O) groups is 1. The Morgan fingerprint density at radius 1 is 1.26 bits per heavy atom. The van der Waals surface area contributed by atoms with Crippen LogP contribution in [-0.2, 0) is 12.8 Å². The zero-order chi connectivity index (χ0) is 13.4. The first-order valence-electron chi connectivity index (χ1n) is 6.44. The molecule has 4 nitrogen and oxygen atoms in total. The number of aryl methyl sites for hydroxylation is 2. The van der Waals surface area contributed by atoms with E-state index in [9.17, 15) is 4.79 Å². The average Bonchev–Trinajstić information content (AvgIpc) is 2.83. The largest absolute Gasteiger partial charge is 0.272 e. The normalized spacial score (nSPS) is 14.2. The van der Waals surface area contributed by atoms with Gasteiger partial charge in [0, 0.05) is 18.9 Å². The van der Waals surface area contributed by atoms with Gasteiger partial charge in [0.05, 0.1) is 0 Å². The van der Waals surface area contributed by atoms with Crippen molar-refractivity contribution < 1.29 is 4.79 Å². The maximum atomic E-state index is 12.0. The van der Waals surface area contributed by atoms with E-state index in [1.165, 1.54) is 10.2 Å². The summed E-state index contributed by atoms with van der Waals surface area (Å²) in [5, 5.41) is 4.20. The highest BCUT2D eigenvalue weighted by Crippen LogP contribution is 2.23. The van der Waals surface area contributed by atoms with Gasteiger partial charge in [-0.25, -0.2) is 4.98 Å². The Morgan fingerprint density at radius 3 is 2.68 bits per heavy atom. The lowest BCUT2D eigenvalue weighted by Crippen LogP contribution is -2.19. The third-order valence-electron chi connectivity index (χ3n) is 3.31. The number of carbonyl (C=O) groups excluding carboxylic acids is 1. The van der Waals surface area contributed by atoms with Gasteiger partial charge in [-0.2, -0.15) is 4.68 Å². The first-order chi connectivity index (χ1) is 9.17. The quantitative estimate of drug-likeness (QED) is 0.825. The molecule has 0 spiro atoms. The van der Waals surface area contributed by atoms with Crippen LogP contribution in [0.4, 0.5) is 0 Å². The van der Waals surface area contributed by atoms with Gasteiger partial charge in [0.15, 0.2) is 5.82 Å². The first-order valence-corrected chi connectivity index (χ1v) is 6.44. The first kappa shape index (κ1) is 11.8. The van der Waals surface area contributed by atoms with Crippen molar-refractivity contribution in [2.24, 2.45) is 0 Å². The van der Waals surface area contributed by atoms with E-state index in [-0.39, 0.29) is 5.91 Å². The Hall–Kier alpha value is -2.23. The minimum absolute atomic E-state index is 0.107. The molecular weight excluding hydrogens is 238 g/mol. The van der Waals surface area contributed by atoms with E-state index in [1.807, 2.05) is 26.0 Å². The second kappa shape index (κ2) is 4.46. The van der Waals surface area contributed by atoms with Crippen molar-refractivity contribution in [1.82, 2.24) is 14.8 Å². The van der Waals surface area contributed by atoms with E-state index < -0.39 is 0 Å². The van der Waals surface area contributed by atoms with Gasteiger partial charge >= 0.3 is 0 Å². The predicted molar refractivity (Wildman–Crippen MR) is 72.9 cm³/mol. The van der Waals surface area contributed by atoms with Gasteiger partial charge in [0.1, 0.15) is 5.82 Å². The standard InChI is InChI=1S/C15H15N3O/c1-3-13-16-14-8-12(9-15(19)18(14)17-13)11-6-4-10(2)5-7-11/h4-7,9H,3,8H2,1-2H3. The number of fused-ring (bicyclic) bond motifs is 1. The number of nitrogens with zero attached hydrogens (tertiary/aromatic N) is 3. The Kier molecular flexibility index (Phi) is 2.78. The number of benzene rings is 1. The van der Waals surface area contributed by atoms with E-state index in [0.29, 0.717) is 6.42 Å².